The fraction of sp³-hybridized carbons (Fsp3) is 0.579. The molecule has 0 saturated carbocycles. The van der Waals surface area contributed by atoms with Crippen LogP contribution < -0.4 is 5.32 Å². The minimum atomic E-state index is -0.0220. The van der Waals surface area contributed by atoms with E-state index in [4.69, 9.17) is 0 Å². The average Bonchev–Trinajstić information content (AvgIpc) is 3.06. The van der Waals surface area contributed by atoms with Gasteiger partial charge in [-0.25, -0.2) is 4.79 Å². The second kappa shape index (κ2) is 7.24. The van der Waals surface area contributed by atoms with Crippen LogP contribution in [0.3, 0.4) is 0 Å². The number of nitrogens with one attached hydrogen (secondary N) is 1. The van der Waals surface area contributed by atoms with E-state index in [2.05, 4.69) is 23.5 Å². The third-order valence-electron chi connectivity index (χ3n) is 5.18. The first kappa shape index (κ1) is 16.8. The molecule has 0 unspecified atom stereocenters. The minimum Gasteiger partial charge on any atom is -0.349 e. The van der Waals surface area contributed by atoms with Gasteiger partial charge in [0.15, 0.2) is 0 Å². The standard InChI is InChI=1S/C19H27N3O2/c1-21(2)18(23)16-8-10-22(11-9-16)19(24)20-13-14-6-7-15-4-3-5-17(15)12-14/h6-7,12,16H,3-5,8-11,13H2,1-2H3,(H,20,24). The van der Waals surface area contributed by atoms with Crippen LogP contribution in [0, 0.1) is 5.92 Å². The van der Waals surface area contributed by atoms with Crippen LogP contribution in [0.25, 0.3) is 0 Å². The van der Waals surface area contributed by atoms with Crippen LogP contribution in [-0.2, 0) is 24.2 Å². The predicted octanol–water partition coefficient (Wildman–Crippen LogP) is 2.19. The Morgan fingerprint density at radius 2 is 1.88 bits per heavy atom. The molecule has 1 aromatic carbocycles. The maximum Gasteiger partial charge on any atom is 0.317 e. The van der Waals surface area contributed by atoms with Crippen LogP contribution >= 0.6 is 0 Å². The lowest BCUT2D eigenvalue weighted by molar-refractivity contribution is -0.134. The van der Waals surface area contributed by atoms with E-state index >= 15 is 0 Å². The van der Waals surface area contributed by atoms with Gasteiger partial charge in [-0.1, -0.05) is 18.2 Å². The van der Waals surface area contributed by atoms with Crippen LogP contribution in [0.2, 0.25) is 0 Å². The van der Waals surface area contributed by atoms with E-state index < -0.39 is 0 Å². The monoisotopic (exact) mass is 329 g/mol. The number of hydrogen-bond donors (Lipinski definition) is 1. The quantitative estimate of drug-likeness (QED) is 0.924. The molecule has 1 aliphatic heterocycles. The van der Waals surface area contributed by atoms with Gasteiger partial charge in [0.05, 0.1) is 0 Å². The predicted molar refractivity (Wildman–Crippen MR) is 93.7 cm³/mol. The maximum absolute atomic E-state index is 12.3. The van der Waals surface area contributed by atoms with Crippen LogP contribution in [0.4, 0.5) is 4.79 Å². The molecular weight excluding hydrogens is 302 g/mol. The number of nitrogens with zero attached hydrogens (tertiary/aromatic N) is 2. The summed E-state index contributed by atoms with van der Waals surface area (Å²) in [6, 6.07) is 6.52. The summed E-state index contributed by atoms with van der Waals surface area (Å²) in [5, 5.41) is 3.02. The zero-order valence-corrected chi connectivity index (χ0v) is 14.7. The Bertz CT molecular complexity index is 619. The number of likely N-dealkylation sites (tertiary alicyclic amines) is 1. The topological polar surface area (TPSA) is 52.7 Å². The largest absolute Gasteiger partial charge is 0.349 e. The van der Waals surface area contributed by atoms with Crippen LogP contribution in [0.1, 0.15) is 36.0 Å². The SMILES string of the molecule is CN(C)C(=O)C1CCN(C(=O)NCc2ccc3c(c2)CCC3)CC1. The van der Waals surface area contributed by atoms with Gasteiger partial charge < -0.3 is 15.1 Å². The number of carbonyl (C=O) groups is 2. The van der Waals surface area contributed by atoms with Gasteiger partial charge in [0.1, 0.15) is 0 Å². The summed E-state index contributed by atoms with van der Waals surface area (Å²) in [5.41, 5.74) is 4.06. The summed E-state index contributed by atoms with van der Waals surface area (Å²) in [5.74, 6) is 0.231. The molecule has 130 valence electrons. The Labute approximate surface area is 144 Å². The van der Waals surface area contributed by atoms with Crippen molar-refractivity contribution >= 4 is 11.9 Å². The molecule has 3 rings (SSSR count). The summed E-state index contributed by atoms with van der Waals surface area (Å²) < 4.78 is 0. The van der Waals surface area contributed by atoms with Crippen molar-refractivity contribution in [3.05, 3.63) is 34.9 Å². The molecule has 5 nitrogen and oxygen atoms in total. The van der Waals surface area contributed by atoms with Gasteiger partial charge in [-0.2, -0.15) is 0 Å². The van der Waals surface area contributed by atoms with Crippen LogP contribution in [-0.4, -0.2) is 48.9 Å². The Hall–Kier alpha value is -2.04. The lowest BCUT2D eigenvalue weighted by Crippen LogP contribution is -2.46. The Kier molecular flexibility index (Phi) is 5.07. The van der Waals surface area contributed by atoms with E-state index in [1.165, 1.54) is 29.5 Å². The fourth-order valence-corrected chi connectivity index (χ4v) is 3.72. The molecule has 0 aromatic heterocycles. The van der Waals surface area contributed by atoms with Gasteiger partial charge in [0, 0.05) is 39.6 Å². The van der Waals surface area contributed by atoms with Gasteiger partial charge in [-0.15, -0.1) is 0 Å². The molecule has 1 fully saturated rings. The Morgan fingerprint density at radius 3 is 2.58 bits per heavy atom. The lowest BCUT2D eigenvalue weighted by atomic mass is 9.96. The highest BCUT2D eigenvalue weighted by Crippen LogP contribution is 2.23. The van der Waals surface area contributed by atoms with E-state index in [1.54, 1.807) is 19.0 Å². The van der Waals surface area contributed by atoms with Crippen molar-refractivity contribution in [2.24, 2.45) is 5.92 Å². The summed E-state index contributed by atoms with van der Waals surface area (Å²) >= 11 is 0. The van der Waals surface area contributed by atoms with Gasteiger partial charge in [-0.05, 0) is 48.8 Å². The molecule has 1 saturated heterocycles. The normalized spacial score (nSPS) is 17.5. The van der Waals surface area contributed by atoms with Crippen molar-refractivity contribution in [3.63, 3.8) is 0 Å². The molecule has 1 aliphatic carbocycles. The van der Waals surface area contributed by atoms with Crippen molar-refractivity contribution in [1.29, 1.82) is 0 Å². The van der Waals surface area contributed by atoms with Crippen molar-refractivity contribution in [2.45, 2.75) is 38.6 Å². The van der Waals surface area contributed by atoms with E-state index in [-0.39, 0.29) is 17.9 Å². The first-order valence-corrected chi connectivity index (χ1v) is 8.89. The molecule has 0 radical (unpaired) electrons. The molecule has 5 heteroatoms. The van der Waals surface area contributed by atoms with E-state index in [9.17, 15) is 9.59 Å². The second-order valence-corrected chi connectivity index (χ2v) is 7.11. The number of fused-ring (bicyclic) bond motifs is 1. The highest BCUT2D eigenvalue weighted by molar-refractivity contribution is 5.79. The van der Waals surface area contributed by atoms with E-state index in [0.717, 1.165) is 19.3 Å². The molecule has 0 bridgehead atoms. The third kappa shape index (κ3) is 3.71. The smallest absolute Gasteiger partial charge is 0.317 e. The Morgan fingerprint density at radius 1 is 1.17 bits per heavy atom. The van der Waals surface area contributed by atoms with Crippen LogP contribution in [0.15, 0.2) is 18.2 Å². The molecule has 0 atom stereocenters. The molecule has 1 N–H and O–H groups in total. The van der Waals surface area contributed by atoms with Crippen molar-refractivity contribution in [1.82, 2.24) is 15.1 Å². The van der Waals surface area contributed by atoms with Gasteiger partial charge >= 0.3 is 6.03 Å². The number of amides is 3. The first-order valence-electron chi connectivity index (χ1n) is 8.89. The number of carbonyl (C=O) groups excluding carboxylic acids is 2. The highest BCUT2D eigenvalue weighted by atomic mass is 16.2. The summed E-state index contributed by atoms with van der Waals surface area (Å²) in [4.78, 5) is 27.8. The zero-order chi connectivity index (χ0) is 17.1. The molecule has 24 heavy (non-hydrogen) atoms. The van der Waals surface area contributed by atoms with Gasteiger partial charge in [0.2, 0.25) is 5.91 Å². The zero-order valence-electron chi connectivity index (χ0n) is 14.7. The number of hydrogen-bond acceptors (Lipinski definition) is 2. The van der Waals surface area contributed by atoms with Gasteiger partial charge in [-0.3, -0.25) is 4.79 Å². The minimum absolute atomic E-state index is 0.0220. The lowest BCUT2D eigenvalue weighted by Gasteiger charge is -2.32. The number of rotatable bonds is 3. The van der Waals surface area contributed by atoms with Crippen molar-refractivity contribution in [2.75, 3.05) is 27.2 Å². The molecule has 1 heterocycles. The molecule has 0 spiro atoms. The highest BCUT2D eigenvalue weighted by Gasteiger charge is 2.28. The maximum atomic E-state index is 12.3. The molecule has 1 aromatic rings. The molecule has 2 aliphatic rings. The Balaban J connectivity index is 1.47. The number of benzene rings is 1. The summed E-state index contributed by atoms with van der Waals surface area (Å²) in [7, 11) is 3.58. The van der Waals surface area contributed by atoms with E-state index in [0.29, 0.717) is 19.6 Å². The van der Waals surface area contributed by atoms with Crippen LogP contribution in [0.5, 0.6) is 0 Å². The third-order valence-corrected chi connectivity index (χ3v) is 5.18. The number of aryl methyl sites for hydroxylation is 2. The fourth-order valence-electron chi connectivity index (χ4n) is 3.72. The average molecular weight is 329 g/mol. The molecule has 3 amide bonds. The summed E-state index contributed by atoms with van der Waals surface area (Å²) in [6.07, 6.45) is 5.09. The number of piperidine rings is 1. The number of urea groups is 1. The van der Waals surface area contributed by atoms with Crippen molar-refractivity contribution < 1.29 is 9.59 Å². The second-order valence-electron chi connectivity index (χ2n) is 7.11. The first-order chi connectivity index (χ1) is 11.5. The van der Waals surface area contributed by atoms with Crippen molar-refractivity contribution in [3.8, 4) is 0 Å². The molecular formula is C19H27N3O2. The van der Waals surface area contributed by atoms with Gasteiger partial charge in [0.25, 0.3) is 0 Å². The summed E-state index contributed by atoms with van der Waals surface area (Å²) in [6.45, 7) is 1.88. The van der Waals surface area contributed by atoms with E-state index in [1.807, 2.05) is 4.90 Å².